The summed E-state index contributed by atoms with van der Waals surface area (Å²) >= 11 is 0. The number of carbonyl (C=O) groups excluding carboxylic acids is 2. The van der Waals surface area contributed by atoms with E-state index in [2.05, 4.69) is 28.1 Å². The van der Waals surface area contributed by atoms with E-state index in [0.29, 0.717) is 31.4 Å². The first kappa shape index (κ1) is 20.7. The van der Waals surface area contributed by atoms with E-state index in [0.717, 1.165) is 25.3 Å². The van der Waals surface area contributed by atoms with Crippen LogP contribution in [0.2, 0.25) is 0 Å². The van der Waals surface area contributed by atoms with Crippen molar-refractivity contribution in [2.24, 2.45) is 0 Å². The molecule has 0 aromatic carbocycles. The van der Waals surface area contributed by atoms with Crippen LogP contribution in [-0.4, -0.2) is 70.9 Å². The molecule has 0 spiro atoms. The van der Waals surface area contributed by atoms with Crippen molar-refractivity contribution < 1.29 is 14.3 Å². The number of hydrogen-bond donors (Lipinski definition) is 0. The zero-order valence-corrected chi connectivity index (χ0v) is 18.5. The van der Waals surface area contributed by atoms with Crippen molar-refractivity contribution in [3.8, 4) is 0 Å². The van der Waals surface area contributed by atoms with E-state index >= 15 is 0 Å². The number of aryl methyl sites for hydroxylation is 1. The number of cyclic esters (lactones) is 1. The molecule has 1 aliphatic carbocycles. The number of ether oxygens (including phenoxy) is 1. The summed E-state index contributed by atoms with van der Waals surface area (Å²) in [4.78, 5) is 35.2. The van der Waals surface area contributed by atoms with Crippen LogP contribution < -0.4 is 9.80 Å². The molecule has 5 rings (SSSR count). The topological polar surface area (TPSA) is 91.8 Å². The largest absolute Gasteiger partial charge is 0.447 e. The van der Waals surface area contributed by atoms with E-state index in [1.807, 2.05) is 13.1 Å². The van der Waals surface area contributed by atoms with Gasteiger partial charge in [0.15, 0.2) is 11.5 Å². The summed E-state index contributed by atoms with van der Waals surface area (Å²) in [5.74, 6) is 1.97. The van der Waals surface area contributed by atoms with Crippen molar-refractivity contribution in [1.29, 1.82) is 0 Å². The molecule has 0 bridgehead atoms. The van der Waals surface area contributed by atoms with Gasteiger partial charge in [-0.3, -0.25) is 9.69 Å². The molecule has 1 saturated carbocycles. The Bertz CT molecular complexity index is 1010. The molecular weight excluding hydrogens is 408 g/mol. The van der Waals surface area contributed by atoms with Crippen LogP contribution in [0.3, 0.4) is 0 Å². The van der Waals surface area contributed by atoms with E-state index in [1.54, 1.807) is 17.0 Å². The molecule has 4 heterocycles. The third-order valence-corrected chi connectivity index (χ3v) is 6.54. The zero-order valence-electron chi connectivity index (χ0n) is 18.5. The number of pyridine rings is 1. The Labute approximate surface area is 187 Å². The van der Waals surface area contributed by atoms with E-state index in [9.17, 15) is 9.59 Å². The predicted molar refractivity (Wildman–Crippen MR) is 119 cm³/mol. The first-order valence-electron chi connectivity index (χ1n) is 11.4. The van der Waals surface area contributed by atoms with Crippen LogP contribution in [0.15, 0.2) is 24.4 Å². The van der Waals surface area contributed by atoms with Crippen LogP contribution in [0.1, 0.15) is 53.7 Å². The fraction of sp³-hybridized carbons (Fsp3) is 0.522. The lowest BCUT2D eigenvalue weighted by Crippen LogP contribution is -2.49. The molecule has 9 nitrogen and oxygen atoms in total. The Morgan fingerprint density at radius 1 is 1.16 bits per heavy atom. The van der Waals surface area contributed by atoms with E-state index in [1.165, 1.54) is 28.9 Å². The summed E-state index contributed by atoms with van der Waals surface area (Å²) in [5.41, 5.74) is 2.82. The Hall–Kier alpha value is -3.23. The Kier molecular flexibility index (Phi) is 5.40. The van der Waals surface area contributed by atoms with Gasteiger partial charge in [-0.15, -0.1) is 10.2 Å². The summed E-state index contributed by atoms with van der Waals surface area (Å²) in [6.45, 7) is 7.11. The number of hydrogen-bond acceptors (Lipinski definition) is 7. The third-order valence-electron chi connectivity index (χ3n) is 6.54. The van der Waals surface area contributed by atoms with Gasteiger partial charge in [0.1, 0.15) is 12.4 Å². The molecule has 2 saturated heterocycles. The number of carbonyl (C=O) groups is 2. The van der Waals surface area contributed by atoms with Crippen molar-refractivity contribution in [1.82, 2.24) is 20.1 Å². The minimum atomic E-state index is -0.421. The minimum Gasteiger partial charge on any atom is -0.447 e. The average Bonchev–Trinajstić information content (AvgIpc) is 3.61. The molecule has 0 N–H and O–H groups in total. The molecule has 9 heteroatoms. The van der Waals surface area contributed by atoms with Crippen molar-refractivity contribution >= 4 is 23.6 Å². The summed E-state index contributed by atoms with van der Waals surface area (Å²) < 4.78 is 5.11. The summed E-state index contributed by atoms with van der Waals surface area (Å²) in [6, 6.07) is 5.51. The van der Waals surface area contributed by atoms with Crippen molar-refractivity contribution in [3.05, 3.63) is 41.2 Å². The van der Waals surface area contributed by atoms with Crippen LogP contribution >= 0.6 is 0 Å². The second kappa shape index (κ2) is 8.37. The molecule has 2 aromatic rings. The van der Waals surface area contributed by atoms with Gasteiger partial charge in [-0.1, -0.05) is 13.0 Å². The summed E-state index contributed by atoms with van der Waals surface area (Å²) in [6.07, 6.45) is 4.89. The number of piperazine rings is 1. The lowest BCUT2D eigenvalue weighted by molar-refractivity contribution is 0.0739. The number of aromatic nitrogens is 3. The number of nitrogens with zero attached hydrogens (tertiary/aromatic N) is 6. The molecule has 3 fully saturated rings. The predicted octanol–water partition coefficient (Wildman–Crippen LogP) is 2.76. The lowest BCUT2D eigenvalue weighted by Gasteiger charge is -2.36. The van der Waals surface area contributed by atoms with Gasteiger partial charge in [0.25, 0.3) is 5.91 Å². The quantitative estimate of drug-likeness (QED) is 0.712. The van der Waals surface area contributed by atoms with Crippen molar-refractivity contribution in [2.75, 3.05) is 42.6 Å². The maximum Gasteiger partial charge on any atom is 0.415 e. The highest BCUT2D eigenvalue weighted by Crippen LogP contribution is 2.40. The van der Waals surface area contributed by atoms with Gasteiger partial charge in [0.05, 0.1) is 6.04 Å². The highest BCUT2D eigenvalue weighted by Gasteiger charge is 2.34. The lowest BCUT2D eigenvalue weighted by atomic mass is 10.1. The summed E-state index contributed by atoms with van der Waals surface area (Å²) in [5, 5.41) is 8.24. The molecule has 168 valence electrons. The molecule has 2 aliphatic heterocycles. The molecule has 32 heavy (non-hydrogen) atoms. The zero-order chi connectivity index (χ0) is 22.2. The standard InChI is InChI=1S/C23H28N6O3/c1-3-18-14-32-23(31)29(18)20-7-6-19(25-26-20)22(30)28-10-8-27(9-11-28)21-15(2)12-17(13-24-21)16-4-5-16/h6-7,12-13,16,18H,3-5,8-11,14H2,1-2H3/t18-/m1/s1. The molecule has 2 aromatic heterocycles. The molecule has 0 unspecified atom stereocenters. The SMILES string of the molecule is CC[C@@H]1COC(=O)N1c1ccc(C(=O)N2CCN(c3ncc(C4CC4)cc3C)CC2)nn1. The monoisotopic (exact) mass is 436 g/mol. The Morgan fingerprint density at radius 3 is 2.56 bits per heavy atom. The fourth-order valence-electron chi connectivity index (χ4n) is 4.45. The highest BCUT2D eigenvalue weighted by molar-refractivity contribution is 5.93. The van der Waals surface area contributed by atoms with Crippen molar-refractivity contribution in [2.45, 2.75) is 45.1 Å². The first-order valence-corrected chi connectivity index (χ1v) is 11.4. The third kappa shape index (κ3) is 3.87. The van der Waals surface area contributed by atoms with Gasteiger partial charge in [-0.25, -0.2) is 9.78 Å². The van der Waals surface area contributed by atoms with Crippen molar-refractivity contribution in [3.63, 3.8) is 0 Å². The van der Waals surface area contributed by atoms with Crippen LogP contribution in [-0.2, 0) is 4.74 Å². The second-order valence-electron chi connectivity index (χ2n) is 8.75. The van der Waals surface area contributed by atoms with Gasteiger partial charge >= 0.3 is 6.09 Å². The van der Waals surface area contributed by atoms with Gasteiger partial charge < -0.3 is 14.5 Å². The fourth-order valence-corrected chi connectivity index (χ4v) is 4.45. The van der Waals surface area contributed by atoms with Gasteiger partial charge in [-0.2, -0.15) is 0 Å². The smallest absolute Gasteiger partial charge is 0.415 e. The van der Waals surface area contributed by atoms with Gasteiger partial charge in [-0.05, 0) is 55.4 Å². The van der Waals surface area contributed by atoms with Gasteiger partial charge in [0.2, 0.25) is 0 Å². The second-order valence-corrected chi connectivity index (χ2v) is 8.75. The Balaban J connectivity index is 1.21. The number of amides is 2. The maximum absolute atomic E-state index is 12.9. The average molecular weight is 437 g/mol. The molecular formula is C23H28N6O3. The molecule has 0 radical (unpaired) electrons. The molecule has 2 amide bonds. The normalized spacial score (nSPS) is 21.1. The summed E-state index contributed by atoms with van der Waals surface area (Å²) in [7, 11) is 0. The van der Waals surface area contributed by atoms with E-state index in [-0.39, 0.29) is 17.6 Å². The Morgan fingerprint density at radius 2 is 1.94 bits per heavy atom. The van der Waals surface area contributed by atoms with Crippen LogP contribution in [0.25, 0.3) is 0 Å². The minimum absolute atomic E-state index is 0.0539. The van der Waals surface area contributed by atoms with Crippen LogP contribution in [0.4, 0.5) is 16.4 Å². The van der Waals surface area contributed by atoms with Gasteiger partial charge in [0, 0.05) is 32.4 Å². The van der Waals surface area contributed by atoms with E-state index in [4.69, 9.17) is 9.72 Å². The van der Waals surface area contributed by atoms with Crippen LogP contribution in [0.5, 0.6) is 0 Å². The first-order chi connectivity index (χ1) is 15.5. The molecule has 3 aliphatic rings. The maximum atomic E-state index is 12.9. The number of rotatable bonds is 5. The molecule has 1 atom stereocenters. The van der Waals surface area contributed by atoms with Crippen LogP contribution in [0, 0.1) is 6.92 Å². The number of anilines is 2. The highest BCUT2D eigenvalue weighted by atomic mass is 16.6. The van der Waals surface area contributed by atoms with E-state index < -0.39 is 6.09 Å².